The molecule has 0 unspecified atom stereocenters. The van der Waals surface area contributed by atoms with Gasteiger partial charge in [0.2, 0.25) is 9.70 Å². The number of nitrogens with zero attached hydrogens (tertiary/aromatic N) is 1. The van der Waals surface area contributed by atoms with E-state index in [1.807, 2.05) is 0 Å². The lowest BCUT2D eigenvalue weighted by molar-refractivity contribution is -0.121. The van der Waals surface area contributed by atoms with Gasteiger partial charge in [0.25, 0.3) is 0 Å². The molecule has 0 saturated carbocycles. The summed E-state index contributed by atoms with van der Waals surface area (Å²) >= 11 is 19.3. The summed E-state index contributed by atoms with van der Waals surface area (Å²) in [5.74, 6) is -0.233. The Labute approximate surface area is 148 Å². The molecule has 0 spiro atoms. The van der Waals surface area contributed by atoms with Crippen molar-refractivity contribution in [3.8, 4) is 6.07 Å². The number of aryl methyl sites for hydroxylation is 1. The molecule has 0 saturated heterocycles. The molecule has 4 nitrogen and oxygen atoms in total. The number of hydrogen-bond donors (Lipinski definition) is 2. The number of anilines is 1. The van der Waals surface area contributed by atoms with E-state index in [9.17, 15) is 10.1 Å². The number of rotatable bonds is 4. The Bertz CT molecular complexity index is 604. The lowest BCUT2D eigenvalue weighted by Crippen LogP contribution is -2.48. The molecule has 1 aromatic heterocycles. The summed E-state index contributed by atoms with van der Waals surface area (Å²) in [5, 5.41) is 15.8. The summed E-state index contributed by atoms with van der Waals surface area (Å²) in [6.07, 6.45) is 3.46. The van der Waals surface area contributed by atoms with Crippen LogP contribution < -0.4 is 10.6 Å². The van der Waals surface area contributed by atoms with Crippen molar-refractivity contribution < 1.29 is 4.79 Å². The summed E-state index contributed by atoms with van der Waals surface area (Å²) in [6.45, 7) is 1.72. The molecule has 22 heavy (non-hydrogen) atoms. The Morgan fingerprint density at radius 2 is 2.09 bits per heavy atom. The SMILES string of the molecule is CCC(=O)N[C@@H](Nc1sc2c(c1C#N)CCCC2)C(Cl)(Cl)Cl. The Morgan fingerprint density at radius 1 is 1.41 bits per heavy atom. The number of thiophene rings is 1. The van der Waals surface area contributed by atoms with Crippen molar-refractivity contribution in [2.24, 2.45) is 0 Å². The second-order valence-electron chi connectivity index (χ2n) is 5.07. The Balaban J connectivity index is 2.28. The third-order valence-electron chi connectivity index (χ3n) is 3.51. The number of hydrogen-bond acceptors (Lipinski definition) is 4. The van der Waals surface area contributed by atoms with Gasteiger partial charge in [-0.25, -0.2) is 0 Å². The number of nitrogens with one attached hydrogen (secondary N) is 2. The third-order valence-corrected chi connectivity index (χ3v) is 5.39. The van der Waals surface area contributed by atoms with Gasteiger partial charge in [0, 0.05) is 11.3 Å². The second kappa shape index (κ2) is 7.27. The van der Waals surface area contributed by atoms with Gasteiger partial charge in [0.05, 0.1) is 5.56 Å². The fourth-order valence-electron chi connectivity index (χ4n) is 2.38. The van der Waals surface area contributed by atoms with Crippen molar-refractivity contribution in [3.05, 3.63) is 16.0 Å². The van der Waals surface area contributed by atoms with Gasteiger partial charge in [-0.3, -0.25) is 4.79 Å². The number of nitriles is 1. The summed E-state index contributed by atoms with van der Waals surface area (Å²) in [6, 6.07) is 2.23. The molecule has 8 heteroatoms. The van der Waals surface area contributed by atoms with Gasteiger partial charge in [-0.05, 0) is 31.2 Å². The first kappa shape index (κ1) is 17.7. The molecule has 1 aliphatic rings. The number of alkyl halides is 3. The van der Waals surface area contributed by atoms with Crippen molar-refractivity contribution in [1.29, 1.82) is 5.26 Å². The average molecular weight is 381 g/mol. The van der Waals surface area contributed by atoms with Gasteiger partial charge in [-0.15, -0.1) is 11.3 Å². The molecule has 2 rings (SSSR count). The average Bonchev–Trinajstić information content (AvgIpc) is 2.82. The Kier molecular flexibility index (Phi) is 5.84. The van der Waals surface area contributed by atoms with Crippen LogP contribution in [0.3, 0.4) is 0 Å². The molecular formula is C14H16Cl3N3OS. The van der Waals surface area contributed by atoms with E-state index >= 15 is 0 Å². The Morgan fingerprint density at radius 3 is 2.68 bits per heavy atom. The zero-order valence-corrected chi connectivity index (χ0v) is 15.1. The van der Waals surface area contributed by atoms with Crippen LogP contribution in [0.4, 0.5) is 5.00 Å². The van der Waals surface area contributed by atoms with Crippen LogP contribution >= 0.6 is 46.1 Å². The molecule has 2 N–H and O–H groups in total. The van der Waals surface area contributed by atoms with E-state index in [1.54, 1.807) is 6.92 Å². The van der Waals surface area contributed by atoms with Crippen LogP contribution in [0.1, 0.15) is 42.2 Å². The smallest absolute Gasteiger partial charge is 0.228 e. The summed E-state index contributed by atoms with van der Waals surface area (Å²) in [4.78, 5) is 12.8. The minimum atomic E-state index is -1.72. The van der Waals surface area contributed by atoms with E-state index in [2.05, 4.69) is 16.7 Å². The highest BCUT2D eigenvalue weighted by molar-refractivity contribution is 7.16. The van der Waals surface area contributed by atoms with Gasteiger partial charge >= 0.3 is 0 Å². The fourth-order valence-corrected chi connectivity index (χ4v) is 3.97. The molecule has 1 aliphatic carbocycles. The van der Waals surface area contributed by atoms with E-state index < -0.39 is 9.96 Å². The minimum absolute atomic E-state index is 0.233. The van der Waals surface area contributed by atoms with Crippen LogP contribution in [0.25, 0.3) is 0 Å². The lowest BCUT2D eigenvalue weighted by Gasteiger charge is -2.26. The van der Waals surface area contributed by atoms with E-state index in [1.165, 1.54) is 16.2 Å². The molecule has 1 atom stereocenters. The normalized spacial score (nSPS) is 15.6. The van der Waals surface area contributed by atoms with Crippen molar-refractivity contribution in [3.63, 3.8) is 0 Å². The zero-order chi connectivity index (χ0) is 16.3. The number of carbonyl (C=O) groups is 1. The lowest BCUT2D eigenvalue weighted by atomic mass is 9.96. The molecule has 0 fully saturated rings. The highest BCUT2D eigenvalue weighted by Crippen LogP contribution is 2.40. The van der Waals surface area contributed by atoms with Crippen molar-refractivity contribution >= 4 is 57.0 Å². The summed E-state index contributed by atoms with van der Waals surface area (Å²) in [7, 11) is 0. The molecule has 0 bridgehead atoms. The minimum Gasteiger partial charge on any atom is -0.352 e. The standard InChI is InChI=1S/C14H16Cl3N3OS/c1-2-11(21)19-13(14(15,16)17)20-12-9(7-18)8-5-3-4-6-10(8)22-12/h13,20H,2-6H2,1H3,(H,19,21)/t13-/m0/s1. The van der Waals surface area contributed by atoms with Crippen LogP contribution in [0.5, 0.6) is 0 Å². The predicted molar refractivity (Wildman–Crippen MR) is 91.8 cm³/mol. The van der Waals surface area contributed by atoms with E-state index in [-0.39, 0.29) is 12.3 Å². The quantitative estimate of drug-likeness (QED) is 0.609. The van der Waals surface area contributed by atoms with Crippen molar-refractivity contribution in [2.45, 2.75) is 49.0 Å². The van der Waals surface area contributed by atoms with Gasteiger partial charge in [0.1, 0.15) is 17.2 Å². The number of carbonyl (C=O) groups excluding carboxylic acids is 1. The molecule has 1 heterocycles. The zero-order valence-electron chi connectivity index (χ0n) is 12.0. The van der Waals surface area contributed by atoms with Crippen LogP contribution in [0, 0.1) is 11.3 Å². The number of amides is 1. The highest BCUT2D eigenvalue weighted by Gasteiger charge is 2.35. The Hall–Kier alpha value is -0.670. The largest absolute Gasteiger partial charge is 0.352 e. The second-order valence-corrected chi connectivity index (χ2v) is 8.54. The monoisotopic (exact) mass is 379 g/mol. The van der Waals surface area contributed by atoms with Crippen LogP contribution in [-0.2, 0) is 17.6 Å². The number of fused-ring (bicyclic) bond motifs is 1. The molecule has 1 aromatic rings. The number of halogens is 3. The van der Waals surface area contributed by atoms with Crippen molar-refractivity contribution in [1.82, 2.24) is 5.32 Å². The molecule has 1 amide bonds. The maximum atomic E-state index is 11.6. The van der Waals surface area contributed by atoms with E-state index in [0.29, 0.717) is 10.6 Å². The molecule has 120 valence electrons. The van der Waals surface area contributed by atoms with Gasteiger partial charge in [-0.1, -0.05) is 41.7 Å². The van der Waals surface area contributed by atoms with Gasteiger partial charge < -0.3 is 10.6 Å². The molecule has 0 aromatic carbocycles. The van der Waals surface area contributed by atoms with Crippen LogP contribution in [-0.4, -0.2) is 15.9 Å². The maximum Gasteiger partial charge on any atom is 0.228 e. The van der Waals surface area contributed by atoms with Crippen LogP contribution in [0.15, 0.2) is 0 Å². The van der Waals surface area contributed by atoms with Gasteiger partial charge in [0.15, 0.2) is 0 Å². The van der Waals surface area contributed by atoms with Gasteiger partial charge in [-0.2, -0.15) is 5.26 Å². The van der Waals surface area contributed by atoms with E-state index in [0.717, 1.165) is 31.2 Å². The maximum absolute atomic E-state index is 11.6. The third kappa shape index (κ3) is 3.99. The molecule has 0 aliphatic heterocycles. The first-order valence-electron chi connectivity index (χ1n) is 7.04. The highest BCUT2D eigenvalue weighted by atomic mass is 35.6. The fraction of sp³-hybridized carbons (Fsp3) is 0.571. The first-order chi connectivity index (χ1) is 10.4. The molecule has 0 radical (unpaired) electrons. The van der Waals surface area contributed by atoms with Crippen molar-refractivity contribution in [2.75, 3.05) is 5.32 Å². The first-order valence-corrected chi connectivity index (χ1v) is 8.99. The summed E-state index contributed by atoms with van der Waals surface area (Å²) < 4.78 is -1.72. The topological polar surface area (TPSA) is 64.9 Å². The van der Waals surface area contributed by atoms with E-state index in [4.69, 9.17) is 34.8 Å². The summed E-state index contributed by atoms with van der Waals surface area (Å²) in [5.41, 5.74) is 1.69. The molecular weight excluding hydrogens is 365 g/mol. The predicted octanol–water partition coefficient (Wildman–Crippen LogP) is 4.13. The van der Waals surface area contributed by atoms with Crippen LogP contribution in [0.2, 0.25) is 0 Å².